The van der Waals surface area contributed by atoms with Crippen molar-refractivity contribution in [3.63, 3.8) is 0 Å². The third-order valence-corrected chi connectivity index (χ3v) is 5.35. The summed E-state index contributed by atoms with van der Waals surface area (Å²) in [6.45, 7) is 4.31. The Labute approximate surface area is 125 Å². The van der Waals surface area contributed by atoms with E-state index in [0.717, 1.165) is 6.42 Å². The number of sulfonamides is 1. The summed E-state index contributed by atoms with van der Waals surface area (Å²) in [7, 11) is -1.89. The first-order valence-corrected chi connectivity index (χ1v) is 8.66. The smallest absolute Gasteiger partial charge is 0.260 e. The summed E-state index contributed by atoms with van der Waals surface area (Å²) in [5.41, 5.74) is 0. The molecule has 2 rings (SSSR count). The van der Waals surface area contributed by atoms with Crippen molar-refractivity contribution in [1.82, 2.24) is 14.1 Å². The fourth-order valence-electron chi connectivity index (χ4n) is 2.39. The number of aromatic nitrogens is 2. The molecular weight excluding hydrogens is 294 g/mol. The maximum absolute atomic E-state index is 12.7. The molecule has 0 bridgehead atoms. The van der Waals surface area contributed by atoms with Crippen molar-refractivity contribution in [3.8, 4) is 0 Å². The maximum Gasteiger partial charge on any atom is 0.260 e. The van der Waals surface area contributed by atoms with E-state index in [9.17, 15) is 8.42 Å². The number of methoxy groups -OCH3 is 1. The Morgan fingerprint density at radius 1 is 1.52 bits per heavy atom. The second-order valence-electron chi connectivity index (χ2n) is 5.03. The third-order valence-electron chi connectivity index (χ3n) is 3.46. The van der Waals surface area contributed by atoms with Crippen LogP contribution in [0.4, 0.5) is 0 Å². The van der Waals surface area contributed by atoms with E-state index in [4.69, 9.17) is 9.47 Å². The average molecular weight is 317 g/mol. The largest absolute Gasteiger partial charge is 0.385 e. The Kier molecular flexibility index (Phi) is 5.74. The molecule has 1 aliphatic heterocycles. The predicted octanol–water partition coefficient (Wildman–Crippen LogP) is 0.719. The van der Waals surface area contributed by atoms with Gasteiger partial charge in [-0.15, -0.1) is 0 Å². The van der Waals surface area contributed by atoms with E-state index in [2.05, 4.69) is 5.10 Å². The molecule has 0 radical (unpaired) electrons. The molecular formula is C13H23N3O4S. The van der Waals surface area contributed by atoms with Crippen LogP contribution in [-0.4, -0.2) is 62.0 Å². The Morgan fingerprint density at radius 3 is 3.05 bits per heavy atom. The first-order valence-electron chi connectivity index (χ1n) is 7.22. The zero-order chi connectivity index (χ0) is 15.3. The number of hydrogen-bond donors (Lipinski definition) is 0. The predicted molar refractivity (Wildman–Crippen MR) is 77.5 cm³/mol. The van der Waals surface area contributed by atoms with Crippen LogP contribution >= 0.6 is 0 Å². The summed E-state index contributed by atoms with van der Waals surface area (Å²) in [4.78, 5) is 0. The Morgan fingerprint density at radius 2 is 2.33 bits per heavy atom. The Hall–Kier alpha value is -0.960. The minimum absolute atomic E-state index is 0.115. The zero-order valence-corrected chi connectivity index (χ0v) is 13.4. The third kappa shape index (κ3) is 3.82. The molecule has 0 aromatic carbocycles. The molecule has 1 atom stereocenters. The number of rotatable bonds is 7. The van der Waals surface area contributed by atoms with E-state index < -0.39 is 10.0 Å². The maximum atomic E-state index is 12.7. The van der Waals surface area contributed by atoms with Crippen LogP contribution in [0.5, 0.6) is 0 Å². The number of nitrogens with zero attached hydrogens (tertiary/aromatic N) is 3. The van der Waals surface area contributed by atoms with Gasteiger partial charge in [-0.1, -0.05) is 6.92 Å². The van der Waals surface area contributed by atoms with Gasteiger partial charge in [0.1, 0.15) is 0 Å². The van der Waals surface area contributed by atoms with Crippen LogP contribution in [0.3, 0.4) is 0 Å². The molecule has 21 heavy (non-hydrogen) atoms. The molecule has 1 saturated heterocycles. The fraction of sp³-hybridized carbons (Fsp3) is 0.769. The lowest BCUT2D eigenvalue weighted by Gasteiger charge is -2.32. The van der Waals surface area contributed by atoms with Crippen LogP contribution in [0.25, 0.3) is 0 Å². The summed E-state index contributed by atoms with van der Waals surface area (Å²) < 4.78 is 39.1. The standard InChI is InChI=1S/C13H23N3O4S/c1-3-7-16-13(4-6-14-16)21(17,18)15-8-10-20-12(11-15)5-9-19-2/h4,6,12H,3,5,7-11H2,1-2H3/t12-/m0/s1. The highest BCUT2D eigenvalue weighted by Gasteiger charge is 2.32. The lowest BCUT2D eigenvalue weighted by Crippen LogP contribution is -2.46. The van der Waals surface area contributed by atoms with E-state index >= 15 is 0 Å². The molecule has 1 aromatic heterocycles. The molecule has 0 N–H and O–H groups in total. The fourth-order valence-corrected chi connectivity index (χ4v) is 3.97. The van der Waals surface area contributed by atoms with Crippen LogP contribution in [0.1, 0.15) is 19.8 Å². The van der Waals surface area contributed by atoms with Crippen molar-refractivity contribution >= 4 is 10.0 Å². The van der Waals surface area contributed by atoms with Crippen molar-refractivity contribution < 1.29 is 17.9 Å². The van der Waals surface area contributed by atoms with Gasteiger partial charge in [0.15, 0.2) is 5.03 Å². The molecule has 0 amide bonds. The van der Waals surface area contributed by atoms with Gasteiger partial charge >= 0.3 is 0 Å². The minimum atomic E-state index is -3.52. The molecule has 0 aliphatic carbocycles. The van der Waals surface area contributed by atoms with Gasteiger partial charge < -0.3 is 9.47 Å². The van der Waals surface area contributed by atoms with Gasteiger partial charge in [0.05, 0.1) is 18.9 Å². The minimum Gasteiger partial charge on any atom is -0.385 e. The number of morpholine rings is 1. The number of aryl methyl sites for hydroxylation is 1. The molecule has 2 heterocycles. The lowest BCUT2D eigenvalue weighted by atomic mass is 10.2. The van der Waals surface area contributed by atoms with Crippen LogP contribution in [0, 0.1) is 0 Å². The van der Waals surface area contributed by atoms with E-state index in [1.165, 1.54) is 10.5 Å². The first-order chi connectivity index (χ1) is 10.1. The summed E-state index contributed by atoms with van der Waals surface area (Å²) in [6.07, 6.45) is 2.95. The molecule has 1 aliphatic rings. The molecule has 0 unspecified atom stereocenters. The Bertz CT molecular complexity index is 543. The normalized spacial score (nSPS) is 20.8. The summed E-state index contributed by atoms with van der Waals surface area (Å²) >= 11 is 0. The molecule has 8 heteroatoms. The number of hydrogen-bond acceptors (Lipinski definition) is 5. The number of ether oxygens (including phenoxy) is 2. The lowest BCUT2D eigenvalue weighted by molar-refractivity contribution is -0.0169. The van der Waals surface area contributed by atoms with Crippen LogP contribution in [0.2, 0.25) is 0 Å². The van der Waals surface area contributed by atoms with Gasteiger partial charge in [-0.3, -0.25) is 4.68 Å². The second kappa shape index (κ2) is 7.35. The topological polar surface area (TPSA) is 73.7 Å². The van der Waals surface area contributed by atoms with E-state index in [1.807, 2.05) is 6.92 Å². The highest BCUT2D eigenvalue weighted by atomic mass is 32.2. The van der Waals surface area contributed by atoms with Gasteiger partial charge in [0.2, 0.25) is 0 Å². The summed E-state index contributed by atoms with van der Waals surface area (Å²) in [5.74, 6) is 0. The molecule has 1 fully saturated rings. The van der Waals surface area contributed by atoms with Crippen molar-refractivity contribution in [2.45, 2.75) is 37.4 Å². The van der Waals surface area contributed by atoms with Crippen molar-refractivity contribution in [2.24, 2.45) is 0 Å². The zero-order valence-electron chi connectivity index (χ0n) is 12.6. The summed E-state index contributed by atoms with van der Waals surface area (Å²) in [6, 6.07) is 1.56. The SMILES string of the molecule is CCCn1nccc1S(=O)(=O)N1CCO[C@@H](CCOC)C1. The van der Waals surface area contributed by atoms with Crippen LogP contribution in [-0.2, 0) is 26.0 Å². The molecule has 120 valence electrons. The van der Waals surface area contributed by atoms with Gasteiger partial charge in [-0.25, -0.2) is 8.42 Å². The van der Waals surface area contributed by atoms with E-state index in [-0.39, 0.29) is 11.1 Å². The quantitative estimate of drug-likeness (QED) is 0.741. The van der Waals surface area contributed by atoms with Gasteiger partial charge in [-0.2, -0.15) is 9.40 Å². The monoisotopic (exact) mass is 317 g/mol. The van der Waals surface area contributed by atoms with Crippen molar-refractivity contribution in [2.75, 3.05) is 33.4 Å². The first kappa shape index (κ1) is 16.4. The highest BCUT2D eigenvalue weighted by molar-refractivity contribution is 7.89. The Balaban J connectivity index is 2.13. The van der Waals surface area contributed by atoms with Gasteiger partial charge in [0, 0.05) is 33.4 Å². The van der Waals surface area contributed by atoms with Gasteiger partial charge in [-0.05, 0) is 18.9 Å². The molecule has 1 aromatic rings. The van der Waals surface area contributed by atoms with Crippen LogP contribution in [0.15, 0.2) is 17.3 Å². The molecule has 0 spiro atoms. The average Bonchev–Trinajstić information content (AvgIpc) is 2.95. The van der Waals surface area contributed by atoms with E-state index in [0.29, 0.717) is 39.3 Å². The van der Waals surface area contributed by atoms with Crippen molar-refractivity contribution in [1.29, 1.82) is 0 Å². The van der Waals surface area contributed by atoms with Crippen LogP contribution < -0.4 is 0 Å². The highest BCUT2D eigenvalue weighted by Crippen LogP contribution is 2.19. The molecule has 7 nitrogen and oxygen atoms in total. The summed E-state index contributed by atoms with van der Waals surface area (Å²) in [5, 5.41) is 4.36. The van der Waals surface area contributed by atoms with Crippen molar-refractivity contribution in [3.05, 3.63) is 12.3 Å². The van der Waals surface area contributed by atoms with Gasteiger partial charge in [0.25, 0.3) is 10.0 Å². The molecule has 0 saturated carbocycles. The second-order valence-corrected chi connectivity index (χ2v) is 6.91. The van der Waals surface area contributed by atoms with E-state index in [1.54, 1.807) is 17.9 Å².